The monoisotopic (exact) mass is 377 g/mol. The molecule has 0 unspecified atom stereocenters. The third kappa shape index (κ3) is 8.19. The SMILES string of the molecule is C/C=C/[C@@H](CCCO[Si](C)(C)C(C)(C)C)NC(=O)OCc1ccccc1. The molecule has 0 saturated heterocycles. The largest absolute Gasteiger partial charge is 0.445 e. The molecule has 1 aromatic carbocycles. The van der Waals surface area contributed by atoms with E-state index in [1.165, 1.54) is 0 Å². The topological polar surface area (TPSA) is 47.6 Å². The summed E-state index contributed by atoms with van der Waals surface area (Å²) in [5.41, 5.74) is 0.980. The Labute approximate surface area is 160 Å². The molecule has 0 aliphatic carbocycles. The Morgan fingerprint density at radius 3 is 2.46 bits per heavy atom. The fraction of sp³-hybridized carbons (Fsp3) is 0.571. The van der Waals surface area contributed by atoms with Crippen LogP contribution in [0.3, 0.4) is 0 Å². The summed E-state index contributed by atoms with van der Waals surface area (Å²) in [7, 11) is -1.71. The molecule has 4 nitrogen and oxygen atoms in total. The molecular formula is C21H35NO3Si. The van der Waals surface area contributed by atoms with Crippen LogP contribution in [0.2, 0.25) is 18.1 Å². The number of nitrogens with one attached hydrogen (secondary N) is 1. The Bertz CT molecular complexity index is 564. The number of benzene rings is 1. The van der Waals surface area contributed by atoms with Crippen LogP contribution in [0.25, 0.3) is 0 Å². The van der Waals surface area contributed by atoms with E-state index in [2.05, 4.69) is 39.2 Å². The van der Waals surface area contributed by atoms with Gasteiger partial charge in [0.1, 0.15) is 6.61 Å². The van der Waals surface area contributed by atoms with Crippen LogP contribution in [0.15, 0.2) is 42.5 Å². The standard InChI is InChI=1S/C21H35NO3Si/c1-7-12-19(15-11-16-25-26(5,6)21(2,3)4)22-20(23)24-17-18-13-9-8-10-14-18/h7-10,12-14,19H,11,15-17H2,1-6H3,(H,22,23)/b12-7+/t19-/m0/s1. The number of allylic oxidation sites excluding steroid dienone is 1. The van der Waals surface area contributed by atoms with E-state index in [0.717, 1.165) is 25.0 Å². The maximum Gasteiger partial charge on any atom is 0.407 e. The van der Waals surface area contributed by atoms with Gasteiger partial charge >= 0.3 is 6.09 Å². The Morgan fingerprint density at radius 1 is 1.23 bits per heavy atom. The zero-order chi connectivity index (χ0) is 19.6. The lowest BCUT2D eigenvalue weighted by Crippen LogP contribution is -2.41. The molecule has 0 aromatic heterocycles. The van der Waals surface area contributed by atoms with E-state index in [-0.39, 0.29) is 23.8 Å². The van der Waals surface area contributed by atoms with Crippen LogP contribution in [0, 0.1) is 0 Å². The molecule has 26 heavy (non-hydrogen) atoms. The summed E-state index contributed by atoms with van der Waals surface area (Å²) in [6.45, 7) is 14.2. The van der Waals surface area contributed by atoms with Gasteiger partial charge in [0.15, 0.2) is 8.32 Å². The van der Waals surface area contributed by atoms with Crippen LogP contribution in [0.5, 0.6) is 0 Å². The molecule has 0 aliphatic heterocycles. The van der Waals surface area contributed by atoms with E-state index in [1.54, 1.807) is 0 Å². The molecule has 0 radical (unpaired) electrons. The third-order valence-electron chi connectivity index (χ3n) is 4.87. The first-order valence-electron chi connectivity index (χ1n) is 9.39. The van der Waals surface area contributed by atoms with Crippen LogP contribution < -0.4 is 5.32 Å². The van der Waals surface area contributed by atoms with Crippen molar-refractivity contribution in [2.75, 3.05) is 6.61 Å². The molecule has 1 N–H and O–H groups in total. The van der Waals surface area contributed by atoms with Gasteiger partial charge in [-0.25, -0.2) is 4.79 Å². The van der Waals surface area contributed by atoms with E-state index >= 15 is 0 Å². The number of carbonyl (C=O) groups excluding carboxylic acids is 1. The number of rotatable bonds is 9. The van der Waals surface area contributed by atoms with E-state index in [1.807, 2.05) is 49.4 Å². The van der Waals surface area contributed by atoms with E-state index in [0.29, 0.717) is 0 Å². The van der Waals surface area contributed by atoms with Gasteiger partial charge in [-0.3, -0.25) is 0 Å². The van der Waals surface area contributed by atoms with E-state index < -0.39 is 8.32 Å². The Balaban J connectivity index is 2.38. The van der Waals surface area contributed by atoms with Gasteiger partial charge < -0.3 is 14.5 Å². The molecule has 5 heteroatoms. The van der Waals surface area contributed by atoms with Crippen LogP contribution in [-0.2, 0) is 15.8 Å². The average Bonchev–Trinajstić information content (AvgIpc) is 2.57. The number of carbonyl (C=O) groups is 1. The molecule has 1 rings (SSSR count). The van der Waals surface area contributed by atoms with Gasteiger partial charge in [-0.15, -0.1) is 0 Å². The summed E-state index contributed by atoms with van der Waals surface area (Å²) < 4.78 is 11.5. The van der Waals surface area contributed by atoms with Crippen molar-refractivity contribution in [3.8, 4) is 0 Å². The van der Waals surface area contributed by atoms with Crippen molar-refractivity contribution >= 4 is 14.4 Å². The minimum atomic E-state index is -1.71. The predicted octanol–water partition coefficient (Wildman–Crippen LogP) is 5.66. The second kappa shape index (κ2) is 10.5. The zero-order valence-corrected chi connectivity index (χ0v) is 18.2. The molecule has 1 amide bonds. The summed E-state index contributed by atoms with van der Waals surface area (Å²) in [5.74, 6) is 0. The molecular weight excluding hydrogens is 342 g/mol. The molecule has 0 heterocycles. The first kappa shape index (κ1) is 22.4. The highest BCUT2D eigenvalue weighted by Crippen LogP contribution is 2.36. The normalized spacial score (nSPS) is 13.6. The van der Waals surface area contributed by atoms with Crippen molar-refractivity contribution in [2.45, 2.75) is 71.3 Å². The Kier molecular flexibility index (Phi) is 9.09. The van der Waals surface area contributed by atoms with Crippen LogP contribution in [-0.4, -0.2) is 27.1 Å². The molecule has 0 fully saturated rings. The smallest absolute Gasteiger partial charge is 0.407 e. The number of amides is 1. The first-order chi connectivity index (χ1) is 12.2. The zero-order valence-electron chi connectivity index (χ0n) is 17.2. The quantitative estimate of drug-likeness (QED) is 0.343. The van der Waals surface area contributed by atoms with Crippen LogP contribution >= 0.6 is 0 Å². The molecule has 0 spiro atoms. The number of hydrogen-bond acceptors (Lipinski definition) is 3. The summed E-state index contributed by atoms with van der Waals surface area (Å²) in [5, 5.41) is 3.14. The molecule has 0 bridgehead atoms. The van der Waals surface area contributed by atoms with Crippen LogP contribution in [0.4, 0.5) is 4.79 Å². The molecule has 0 aliphatic rings. The summed E-state index contributed by atoms with van der Waals surface area (Å²) in [6, 6.07) is 9.65. The van der Waals surface area contributed by atoms with Crippen molar-refractivity contribution in [3.05, 3.63) is 48.0 Å². The Morgan fingerprint density at radius 2 is 1.88 bits per heavy atom. The molecule has 1 aromatic rings. The third-order valence-corrected chi connectivity index (χ3v) is 9.41. The van der Waals surface area contributed by atoms with Gasteiger partial charge in [0.2, 0.25) is 0 Å². The minimum Gasteiger partial charge on any atom is -0.445 e. The number of ether oxygens (including phenoxy) is 1. The van der Waals surface area contributed by atoms with E-state index in [4.69, 9.17) is 9.16 Å². The van der Waals surface area contributed by atoms with Gasteiger partial charge in [-0.05, 0) is 43.5 Å². The minimum absolute atomic E-state index is 0.0358. The first-order valence-corrected chi connectivity index (χ1v) is 12.3. The lowest BCUT2D eigenvalue weighted by Gasteiger charge is -2.36. The number of alkyl carbamates (subject to hydrolysis) is 1. The fourth-order valence-corrected chi connectivity index (χ4v) is 3.30. The van der Waals surface area contributed by atoms with Crippen LogP contribution in [0.1, 0.15) is 46.1 Å². The van der Waals surface area contributed by atoms with Gasteiger partial charge in [-0.1, -0.05) is 63.3 Å². The second-order valence-corrected chi connectivity index (χ2v) is 12.9. The predicted molar refractivity (Wildman–Crippen MR) is 111 cm³/mol. The molecule has 146 valence electrons. The lowest BCUT2D eigenvalue weighted by molar-refractivity contribution is 0.136. The average molecular weight is 378 g/mol. The van der Waals surface area contributed by atoms with Crippen molar-refractivity contribution in [1.82, 2.24) is 5.32 Å². The maximum absolute atomic E-state index is 12.0. The van der Waals surface area contributed by atoms with Gasteiger partial charge in [0, 0.05) is 6.61 Å². The number of hydrogen-bond donors (Lipinski definition) is 1. The van der Waals surface area contributed by atoms with Crippen molar-refractivity contribution < 1.29 is 14.0 Å². The van der Waals surface area contributed by atoms with Gasteiger partial charge in [0.05, 0.1) is 6.04 Å². The highest BCUT2D eigenvalue weighted by molar-refractivity contribution is 6.74. The fourth-order valence-electron chi connectivity index (χ4n) is 2.21. The van der Waals surface area contributed by atoms with Crippen molar-refractivity contribution in [1.29, 1.82) is 0 Å². The molecule has 1 atom stereocenters. The Hall–Kier alpha value is -1.59. The molecule has 0 saturated carbocycles. The van der Waals surface area contributed by atoms with Crippen molar-refractivity contribution in [3.63, 3.8) is 0 Å². The summed E-state index contributed by atoms with van der Waals surface area (Å²) in [6.07, 6.45) is 5.30. The van der Waals surface area contributed by atoms with E-state index in [9.17, 15) is 4.79 Å². The highest BCUT2D eigenvalue weighted by atomic mass is 28.4. The lowest BCUT2D eigenvalue weighted by atomic mass is 10.1. The van der Waals surface area contributed by atoms with Gasteiger partial charge in [0.25, 0.3) is 0 Å². The summed E-state index contributed by atoms with van der Waals surface area (Å²) in [4.78, 5) is 12.0. The van der Waals surface area contributed by atoms with Gasteiger partial charge in [-0.2, -0.15) is 0 Å². The maximum atomic E-state index is 12.0. The second-order valence-electron chi connectivity index (χ2n) is 8.09. The summed E-state index contributed by atoms with van der Waals surface area (Å²) >= 11 is 0. The van der Waals surface area contributed by atoms with Crippen molar-refractivity contribution in [2.24, 2.45) is 0 Å². The highest BCUT2D eigenvalue weighted by Gasteiger charge is 2.36.